The van der Waals surface area contributed by atoms with Gasteiger partial charge in [-0.1, -0.05) is 11.6 Å². The Hall–Kier alpha value is -3.08. The number of hydrogen-bond donors (Lipinski definition) is 2. The predicted octanol–water partition coefficient (Wildman–Crippen LogP) is 3.20. The molecule has 2 aromatic rings. The van der Waals surface area contributed by atoms with Gasteiger partial charge in [0.15, 0.2) is 11.5 Å². The second kappa shape index (κ2) is 12.4. The Kier molecular flexibility index (Phi) is 9.07. The molecule has 200 valence electrons. The van der Waals surface area contributed by atoms with Gasteiger partial charge in [-0.3, -0.25) is 9.69 Å². The van der Waals surface area contributed by atoms with Crippen LogP contribution in [0, 0.1) is 5.82 Å². The zero-order chi connectivity index (χ0) is 26.4. The molecule has 0 atom stereocenters. The number of carbonyl (C=O) groups is 1. The number of methoxy groups -OCH3 is 1. The van der Waals surface area contributed by atoms with Crippen molar-refractivity contribution in [1.29, 1.82) is 0 Å². The van der Waals surface area contributed by atoms with Crippen molar-refractivity contribution in [3.63, 3.8) is 0 Å². The van der Waals surface area contributed by atoms with Crippen molar-refractivity contribution in [2.24, 2.45) is 10.7 Å². The van der Waals surface area contributed by atoms with E-state index in [0.29, 0.717) is 60.8 Å². The van der Waals surface area contributed by atoms with Gasteiger partial charge in [0.25, 0.3) is 0 Å². The van der Waals surface area contributed by atoms with E-state index < -0.39 is 5.82 Å². The van der Waals surface area contributed by atoms with Crippen molar-refractivity contribution in [3.8, 4) is 11.5 Å². The van der Waals surface area contributed by atoms with Gasteiger partial charge >= 0.3 is 0 Å². The minimum Gasteiger partial charge on any atom is -0.493 e. The summed E-state index contributed by atoms with van der Waals surface area (Å²) in [4.78, 5) is 21.2. The van der Waals surface area contributed by atoms with Gasteiger partial charge in [-0.25, -0.2) is 9.38 Å². The van der Waals surface area contributed by atoms with Gasteiger partial charge in [-0.05, 0) is 24.3 Å². The number of amidine groups is 1. The molecule has 2 aromatic carbocycles. The van der Waals surface area contributed by atoms with E-state index in [1.54, 1.807) is 12.1 Å². The van der Waals surface area contributed by atoms with Crippen molar-refractivity contribution >= 4 is 34.7 Å². The fraction of sp³-hybridized carbons (Fsp3) is 0.462. The third kappa shape index (κ3) is 7.03. The maximum atomic E-state index is 13.5. The van der Waals surface area contributed by atoms with E-state index in [-0.39, 0.29) is 22.9 Å². The summed E-state index contributed by atoms with van der Waals surface area (Å²) in [6.45, 7) is 5.23. The third-order valence-corrected chi connectivity index (χ3v) is 6.89. The maximum Gasteiger partial charge on any atom is 0.223 e. The van der Waals surface area contributed by atoms with Crippen LogP contribution in [0.1, 0.15) is 24.8 Å². The van der Waals surface area contributed by atoms with E-state index in [2.05, 4.69) is 9.89 Å². The molecule has 1 amide bonds. The summed E-state index contributed by atoms with van der Waals surface area (Å²) in [5.74, 6) is 0.723. The Balaban J connectivity index is 1.38. The van der Waals surface area contributed by atoms with Crippen molar-refractivity contribution in [3.05, 3.63) is 46.7 Å². The first-order chi connectivity index (χ1) is 17.8. The van der Waals surface area contributed by atoms with Crippen LogP contribution in [-0.2, 0) is 9.53 Å². The fourth-order valence-corrected chi connectivity index (χ4v) is 4.62. The molecule has 11 heteroatoms. The van der Waals surface area contributed by atoms with E-state index in [9.17, 15) is 9.18 Å². The first kappa shape index (κ1) is 27.0. The molecule has 2 fully saturated rings. The highest BCUT2D eigenvalue weighted by Gasteiger charge is 2.26. The number of carbonyl (C=O) groups excluding carboxylic acids is 1. The molecule has 0 spiro atoms. The highest BCUT2D eigenvalue weighted by atomic mass is 35.5. The van der Waals surface area contributed by atoms with Gasteiger partial charge in [-0.2, -0.15) is 0 Å². The fourth-order valence-electron chi connectivity index (χ4n) is 4.44. The molecule has 2 aliphatic heterocycles. The van der Waals surface area contributed by atoms with Crippen molar-refractivity contribution < 1.29 is 23.4 Å². The zero-order valence-electron chi connectivity index (χ0n) is 20.9. The van der Waals surface area contributed by atoms with Crippen molar-refractivity contribution in [1.82, 2.24) is 9.80 Å². The smallest absolute Gasteiger partial charge is 0.223 e. The summed E-state index contributed by atoms with van der Waals surface area (Å²) in [7, 11) is 1.54. The average molecular weight is 534 g/mol. The van der Waals surface area contributed by atoms with Gasteiger partial charge in [0.1, 0.15) is 17.8 Å². The number of piperidine rings is 1. The lowest BCUT2D eigenvalue weighted by atomic mass is 10.1. The van der Waals surface area contributed by atoms with Crippen molar-refractivity contribution in [2.75, 3.05) is 58.8 Å². The summed E-state index contributed by atoms with van der Waals surface area (Å²) in [5, 5.41) is -0.0494. The minimum atomic E-state index is -0.538. The summed E-state index contributed by atoms with van der Waals surface area (Å²) < 4.78 is 30.6. The molecule has 0 unspecified atom stereocenters. The van der Waals surface area contributed by atoms with Crippen LogP contribution in [-0.4, -0.2) is 80.7 Å². The zero-order valence-corrected chi connectivity index (χ0v) is 21.7. The van der Waals surface area contributed by atoms with Gasteiger partial charge in [0, 0.05) is 69.3 Å². The maximum absolute atomic E-state index is 13.5. The molecule has 0 saturated carbocycles. The van der Waals surface area contributed by atoms with Crippen LogP contribution in [0.25, 0.3) is 0 Å². The van der Waals surface area contributed by atoms with Crippen LogP contribution in [0.3, 0.4) is 0 Å². The first-order valence-electron chi connectivity index (χ1n) is 12.4. The van der Waals surface area contributed by atoms with E-state index >= 15 is 0 Å². The molecule has 9 nitrogen and oxygen atoms in total. The molecule has 2 aliphatic rings. The molecular formula is C26H33ClFN5O4. The summed E-state index contributed by atoms with van der Waals surface area (Å²) >= 11 is 5.85. The number of aliphatic imine (C=N–C) groups is 1. The molecule has 0 bridgehead atoms. The lowest BCUT2D eigenvalue weighted by Gasteiger charge is -2.33. The molecule has 0 aliphatic carbocycles. The Morgan fingerprint density at radius 2 is 1.89 bits per heavy atom. The molecule has 37 heavy (non-hydrogen) atoms. The standard InChI is InChI=1S/C26H33ClFN5O4/c1-35-23-16-22(29)19(26(30)31-17-2-3-21(28)20(27)14-17)15-24(23)37-18-4-8-33(9-5-18)25(34)6-7-32-10-12-36-13-11-32/h2-3,14-16,18H,4-13,29H2,1H3,(H2,30,31). The van der Waals surface area contributed by atoms with Crippen LogP contribution in [0.5, 0.6) is 11.5 Å². The largest absolute Gasteiger partial charge is 0.493 e. The van der Waals surface area contributed by atoms with E-state index in [0.717, 1.165) is 32.8 Å². The predicted molar refractivity (Wildman–Crippen MR) is 141 cm³/mol. The number of hydrogen-bond acceptors (Lipinski definition) is 7. The van der Waals surface area contributed by atoms with Crippen LogP contribution in [0.2, 0.25) is 5.02 Å². The van der Waals surface area contributed by atoms with Gasteiger partial charge < -0.3 is 30.6 Å². The number of likely N-dealkylation sites (tertiary alicyclic amines) is 1. The summed E-state index contributed by atoms with van der Waals surface area (Å²) in [5.41, 5.74) is 13.7. The van der Waals surface area contributed by atoms with Crippen LogP contribution >= 0.6 is 11.6 Å². The first-order valence-corrected chi connectivity index (χ1v) is 12.7. The number of halogens is 2. The van der Waals surface area contributed by atoms with Gasteiger partial charge in [-0.15, -0.1) is 0 Å². The molecule has 0 aromatic heterocycles. The third-order valence-electron chi connectivity index (χ3n) is 6.60. The number of nitrogens with zero attached hydrogens (tertiary/aromatic N) is 3. The molecule has 2 heterocycles. The van der Waals surface area contributed by atoms with Gasteiger partial charge in [0.2, 0.25) is 5.91 Å². The second-order valence-corrected chi connectivity index (χ2v) is 9.49. The SMILES string of the molecule is COc1cc(N)c(C(N)=Nc2ccc(F)c(Cl)c2)cc1OC1CCN(C(=O)CCN2CCOCC2)CC1. The van der Waals surface area contributed by atoms with E-state index in [1.807, 2.05) is 4.90 Å². The van der Waals surface area contributed by atoms with Crippen LogP contribution < -0.4 is 20.9 Å². The number of anilines is 1. The lowest BCUT2D eigenvalue weighted by molar-refractivity contribution is -0.133. The highest BCUT2D eigenvalue weighted by Crippen LogP contribution is 2.34. The number of nitrogens with two attached hydrogens (primary N) is 2. The average Bonchev–Trinajstić information content (AvgIpc) is 2.91. The molecular weight excluding hydrogens is 501 g/mol. The Morgan fingerprint density at radius 1 is 1.16 bits per heavy atom. The normalized spacial score (nSPS) is 17.6. The number of amides is 1. The van der Waals surface area contributed by atoms with Crippen molar-refractivity contribution in [2.45, 2.75) is 25.4 Å². The number of morpholine rings is 1. The number of nitrogen functional groups attached to an aromatic ring is 1. The molecule has 4 N–H and O–H groups in total. The minimum absolute atomic E-state index is 0.0494. The molecule has 4 rings (SSSR count). The highest BCUT2D eigenvalue weighted by molar-refractivity contribution is 6.31. The summed E-state index contributed by atoms with van der Waals surface area (Å²) in [6.07, 6.45) is 1.81. The molecule has 2 saturated heterocycles. The topological polar surface area (TPSA) is 116 Å². The number of rotatable bonds is 8. The van der Waals surface area contributed by atoms with Gasteiger partial charge in [0.05, 0.1) is 31.0 Å². The lowest BCUT2D eigenvalue weighted by Crippen LogP contribution is -2.44. The number of ether oxygens (including phenoxy) is 3. The van der Waals surface area contributed by atoms with Crippen LogP contribution in [0.4, 0.5) is 15.8 Å². The summed E-state index contributed by atoms with van der Waals surface area (Å²) in [6, 6.07) is 7.41. The van der Waals surface area contributed by atoms with Crippen LogP contribution in [0.15, 0.2) is 35.3 Å². The number of benzene rings is 2. The quantitative estimate of drug-likeness (QED) is 0.304. The Morgan fingerprint density at radius 3 is 2.57 bits per heavy atom. The molecule has 0 radical (unpaired) electrons. The second-order valence-electron chi connectivity index (χ2n) is 9.09. The Bertz CT molecular complexity index is 1130. The van der Waals surface area contributed by atoms with E-state index in [1.165, 1.54) is 25.3 Å². The van der Waals surface area contributed by atoms with E-state index in [4.69, 9.17) is 37.3 Å². The Labute approximate surface area is 221 Å². The monoisotopic (exact) mass is 533 g/mol.